The van der Waals surface area contributed by atoms with Crippen molar-refractivity contribution in [2.24, 2.45) is 0 Å². The Balaban J connectivity index is 2.00. The van der Waals surface area contributed by atoms with Gasteiger partial charge in [-0.1, -0.05) is 0 Å². The molecule has 1 aliphatic heterocycles. The van der Waals surface area contributed by atoms with Crippen molar-refractivity contribution < 1.29 is 9.53 Å². The van der Waals surface area contributed by atoms with Gasteiger partial charge in [-0.05, 0) is 13.3 Å². The summed E-state index contributed by atoms with van der Waals surface area (Å²) >= 11 is 0. The second-order valence-corrected chi connectivity index (χ2v) is 4.68. The van der Waals surface area contributed by atoms with E-state index in [2.05, 4.69) is 10.00 Å². The number of nitrogens with zero attached hydrogens (tertiary/aromatic N) is 3. The molecule has 1 aliphatic rings. The van der Waals surface area contributed by atoms with Gasteiger partial charge < -0.3 is 14.4 Å². The first kappa shape index (κ1) is 13.7. The maximum atomic E-state index is 11.9. The lowest BCUT2D eigenvalue weighted by Gasteiger charge is -2.28. The summed E-state index contributed by atoms with van der Waals surface area (Å²) in [5.74, 6) is 0.137. The highest BCUT2D eigenvalue weighted by Gasteiger charge is 2.12. The summed E-state index contributed by atoms with van der Waals surface area (Å²) in [6.07, 6.45) is 2.85. The van der Waals surface area contributed by atoms with Gasteiger partial charge in [0.25, 0.3) is 5.56 Å². The molecule has 2 heterocycles. The SMILES string of the molecule is CC(=O)CCCn1ncc(N2CCOCC2)cc1=O. The van der Waals surface area contributed by atoms with Gasteiger partial charge in [-0.3, -0.25) is 4.79 Å². The first-order valence-electron chi connectivity index (χ1n) is 6.56. The summed E-state index contributed by atoms with van der Waals surface area (Å²) in [7, 11) is 0. The smallest absolute Gasteiger partial charge is 0.268 e. The quantitative estimate of drug-likeness (QED) is 0.773. The number of Topliss-reactive ketones (excluding diaryl/α,β-unsaturated/α-hetero) is 1. The second-order valence-electron chi connectivity index (χ2n) is 4.68. The summed E-state index contributed by atoms with van der Waals surface area (Å²) in [5, 5.41) is 4.16. The highest BCUT2D eigenvalue weighted by Crippen LogP contribution is 2.11. The first-order valence-corrected chi connectivity index (χ1v) is 6.56. The Bertz CT molecular complexity index is 492. The van der Waals surface area contributed by atoms with Gasteiger partial charge in [-0.15, -0.1) is 0 Å². The monoisotopic (exact) mass is 265 g/mol. The van der Waals surface area contributed by atoms with Crippen LogP contribution in [0.25, 0.3) is 0 Å². The van der Waals surface area contributed by atoms with Crippen LogP contribution in [0.4, 0.5) is 5.69 Å². The molecule has 0 spiro atoms. The number of carbonyl (C=O) groups excluding carboxylic acids is 1. The molecule has 0 amide bonds. The largest absolute Gasteiger partial charge is 0.378 e. The van der Waals surface area contributed by atoms with Crippen molar-refractivity contribution in [1.82, 2.24) is 9.78 Å². The molecule has 0 atom stereocenters. The molecular weight excluding hydrogens is 246 g/mol. The van der Waals surface area contributed by atoms with Gasteiger partial charge in [-0.25, -0.2) is 4.68 Å². The number of hydrogen-bond donors (Lipinski definition) is 0. The van der Waals surface area contributed by atoms with Gasteiger partial charge in [0.1, 0.15) is 5.78 Å². The molecule has 19 heavy (non-hydrogen) atoms. The van der Waals surface area contributed by atoms with Crippen molar-refractivity contribution in [2.45, 2.75) is 26.3 Å². The molecule has 0 aromatic carbocycles. The number of anilines is 1. The molecule has 6 heteroatoms. The number of ketones is 1. The number of ether oxygens (including phenoxy) is 1. The van der Waals surface area contributed by atoms with Gasteiger partial charge in [-0.2, -0.15) is 5.10 Å². The molecule has 6 nitrogen and oxygen atoms in total. The molecule has 1 saturated heterocycles. The lowest BCUT2D eigenvalue weighted by atomic mass is 10.2. The minimum absolute atomic E-state index is 0.118. The maximum Gasteiger partial charge on any atom is 0.268 e. The van der Waals surface area contributed by atoms with Crippen molar-refractivity contribution in [3.63, 3.8) is 0 Å². The number of carbonyl (C=O) groups is 1. The van der Waals surface area contributed by atoms with Crippen LogP contribution in [0.5, 0.6) is 0 Å². The second kappa shape index (κ2) is 6.47. The predicted molar refractivity (Wildman–Crippen MR) is 71.4 cm³/mol. The van der Waals surface area contributed by atoms with Crippen LogP contribution < -0.4 is 10.5 Å². The molecule has 2 rings (SSSR count). The van der Waals surface area contributed by atoms with Crippen LogP contribution in [0.1, 0.15) is 19.8 Å². The van der Waals surface area contributed by atoms with Crippen LogP contribution in [0.3, 0.4) is 0 Å². The molecule has 0 radical (unpaired) electrons. The average molecular weight is 265 g/mol. The Kier molecular flexibility index (Phi) is 4.68. The van der Waals surface area contributed by atoms with Gasteiger partial charge in [0.2, 0.25) is 0 Å². The third-order valence-corrected chi connectivity index (χ3v) is 3.13. The summed E-state index contributed by atoms with van der Waals surface area (Å²) in [6.45, 7) is 4.98. The van der Waals surface area contributed by atoms with Crippen LogP contribution in [-0.4, -0.2) is 41.9 Å². The maximum absolute atomic E-state index is 11.9. The normalized spacial score (nSPS) is 15.5. The number of aryl methyl sites for hydroxylation is 1. The highest BCUT2D eigenvalue weighted by atomic mass is 16.5. The zero-order valence-electron chi connectivity index (χ0n) is 11.2. The number of rotatable bonds is 5. The molecule has 0 bridgehead atoms. The van der Waals surface area contributed by atoms with E-state index in [0.29, 0.717) is 32.6 Å². The topological polar surface area (TPSA) is 64.4 Å². The van der Waals surface area contributed by atoms with Gasteiger partial charge in [0, 0.05) is 32.1 Å². The number of hydrogen-bond acceptors (Lipinski definition) is 5. The third-order valence-electron chi connectivity index (χ3n) is 3.13. The molecule has 1 aromatic rings. The van der Waals surface area contributed by atoms with E-state index in [1.54, 1.807) is 19.2 Å². The molecule has 104 valence electrons. The standard InChI is InChI=1S/C13H19N3O3/c1-11(17)3-2-4-16-13(18)9-12(10-14-16)15-5-7-19-8-6-15/h9-10H,2-8H2,1H3. The van der Waals surface area contributed by atoms with Crippen LogP contribution in [0, 0.1) is 0 Å². The van der Waals surface area contributed by atoms with Crippen LogP contribution in [0.2, 0.25) is 0 Å². The van der Waals surface area contributed by atoms with Crippen molar-refractivity contribution in [3.05, 3.63) is 22.6 Å². The lowest BCUT2D eigenvalue weighted by molar-refractivity contribution is -0.117. The number of morpholine rings is 1. The molecule has 1 aromatic heterocycles. The molecule has 0 unspecified atom stereocenters. The summed E-state index contributed by atoms with van der Waals surface area (Å²) in [4.78, 5) is 24.9. The van der Waals surface area contributed by atoms with E-state index in [-0.39, 0.29) is 11.3 Å². The van der Waals surface area contributed by atoms with Crippen molar-refractivity contribution >= 4 is 11.5 Å². The fourth-order valence-electron chi connectivity index (χ4n) is 2.06. The van der Waals surface area contributed by atoms with E-state index < -0.39 is 0 Å². The van der Waals surface area contributed by atoms with E-state index in [1.165, 1.54) is 4.68 Å². The molecule has 0 saturated carbocycles. The summed E-state index contributed by atoms with van der Waals surface area (Å²) in [5.41, 5.74) is 0.726. The van der Waals surface area contributed by atoms with E-state index in [4.69, 9.17) is 4.74 Å². The van der Waals surface area contributed by atoms with Crippen LogP contribution in [-0.2, 0) is 16.1 Å². The summed E-state index contributed by atoms with van der Waals surface area (Å²) in [6, 6.07) is 1.60. The molecule has 0 aliphatic carbocycles. The van der Waals surface area contributed by atoms with E-state index in [9.17, 15) is 9.59 Å². The van der Waals surface area contributed by atoms with Crippen LogP contribution >= 0.6 is 0 Å². The Morgan fingerprint density at radius 2 is 2.16 bits per heavy atom. The zero-order valence-corrected chi connectivity index (χ0v) is 11.2. The molecule has 1 fully saturated rings. The Labute approximate surface area is 112 Å². The van der Waals surface area contributed by atoms with Crippen molar-refractivity contribution in [2.75, 3.05) is 31.2 Å². The number of aromatic nitrogens is 2. The van der Waals surface area contributed by atoms with Gasteiger partial charge in [0.05, 0.1) is 25.1 Å². The van der Waals surface area contributed by atoms with E-state index in [1.807, 2.05) is 0 Å². The minimum atomic E-state index is -0.118. The fraction of sp³-hybridized carbons (Fsp3) is 0.615. The predicted octanol–water partition coefficient (Wildman–Crippen LogP) is 0.449. The lowest BCUT2D eigenvalue weighted by Crippen LogP contribution is -2.37. The Morgan fingerprint density at radius 1 is 1.42 bits per heavy atom. The molecule has 0 N–H and O–H groups in total. The van der Waals surface area contributed by atoms with Crippen LogP contribution in [0.15, 0.2) is 17.1 Å². The van der Waals surface area contributed by atoms with Crippen molar-refractivity contribution in [3.8, 4) is 0 Å². The van der Waals surface area contributed by atoms with Crippen molar-refractivity contribution in [1.29, 1.82) is 0 Å². The van der Waals surface area contributed by atoms with Gasteiger partial charge >= 0.3 is 0 Å². The fourth-order valence-corrected chi connectivity index (χ4v) is 2.06. The Morgan fingerprint density at radius 3 is 2.79 bits per heavy atom. The van der Waals surface area contributed by atoms with E-state index >= 15 is 0 Å². The third kappa shape index (κ3) is 3.89. The average Bonchev–Trinajstić information content (AvgIpc) is 2.41. The van der Waals surface area contributed by atoms with E-state index in [0.717, 1.165) is 18.8 Å². The minimum Gasteiger partial charge on any atom is -0.378 e. The summed E-state index contributed by atoms with van der Waals surface area (Å²) < 4.78 is 6.68. The Hall–Kier alpha value is -1.69. The molecular formula is C13H19N3O3. The zero-order chi connectivity index (χ0) is 13.7. The first-order chi connectivity index (χ1) is 9.16. The highest BCUT2D eigenvalue weighted by molar-refractivity contribution is 5.75. The van der Waals surface area contributed by atoms with Gasteiger partial charge in [0.15, 0.2) is 0 Å².